The van der Waals surface area contributed by atoms with Crippen LogP contribution in [0.4, 0.5) is 0 Å². The Morgan fingerprint density at radius 1 is 1.11 bits per heavy atom. The van der Waals surface area contributed by atoms with E-state index >= 15 is 0 Å². The highest BCUT2D eigenvalue weighted by atomic mass is 79.9. The molecule has 0 spiro atoms. The molecule has 0 bridgehead atoms. The van der Waals surface area contributed by atoms with Crippen molar-refractivity contribution in [3.05, 3.63) is 33.8 Å². The molecule has 1 aromatic carbocycles. The van der Waals surface area contributed by atoms with Crippen LogP contribution >= 0.6 is 15.9 Å². The zero-order chi connectivity index (χ0) is 13.4. The van der Waals surface area contributed by atoms with Crippen LogP contribution in [0.25, 0.3) is 0 Å². The van der Waals surface area contributed by atoms with E-state index in [9.17, 15) is 5.11 Å². The minimum atomic E-state index is -0.328. The second-order valence-electron chi connectivity index (χ2n) is 5.05. The molecule has 0 saturated carbocycles. The molecule has 1 aromatic rings. The summed E-state index contributed by atoms with van der Waals surface area (Å²) in [5, 5.41) is 10.2. The van der Waals surface area contributed by atoms with E-state index in [2.05, 4.69) is 35.8 Å². The van der Waals surface area contributed by atoms with Crippen molar-refractivity contribution in [2.45, 2.75) is 64.9 Å². The molecule has 0 fully saturated rings. The van der Waals surface area contributed by atoms with Crippen molar-refractivity contribution in [3.63, 3.8) is 0 Å². The third kappa shape index (κ3) is 5.11. The second-order valence-corrected chi connectivity index (χ2v) is 5.84. The summed E-state index contributed by atoms with van der Waals surface area (Å²) in [4.78, 5) is 0. The van der Waals surface area contributed by atoms with Crippen molar-refractivity contribution in [3.8, 4) is 0 Å². The third-order valence-corrected chi connectivity index (χ3v) is 4.50. The molecular formula is C16H25BrO. The van der Waals surface area contributed by atoms with Gasteiger partial charge in [0.2, 0.25) is 0 Å². The smallest absolute Gasteiger partial charge is 0.0801 e. The molecule has 18 heavy (non-hydrogen) atoms. The maximum absolute atomic E-state index is 10.2. The van der Waals surface area contributed by atoms with Crippen molar-refractivity contribution in [2.24, 2.45) is 0 Å². The number of hydrogen-bond acceptors (Lipinski definition) is 1. The van der Waals surface area contributed by atoms with Crippen molar-refractivity contribution in [1.82, 2.24) is 0 Å². The summed E-state index contributed by atoms with van der Waals surface area (Å²) in [6, 6.07) is 6.09. The Bertz CT molecular complexity index is 349. The average Bonchev–Trinajstić information content (AvgIpc) is 2.36. The van der Waals surface area contributed by atoms with Crippen LogP contribution in [0, 0.1) is 6.92 Å². The Labute approximate surface area is 120 Å². The molecule has 1 nitrogen and oxygen atoms in total. The van der Waals surface area contributed by atoms with E-state index in [1.165, 1.54) is 37.7 Å². The van der Waals surface area contributed by atoms with Crippen LogP contribution in [0.15, 0.2) is 22.7 Å². The van der Waals surface area contributed by atoms with Crippen LogP contribution in [0.3, 0.4) is 0 Å². The predicted octanol–water partition coefficient (Wildman–Crippen LogP) is 5.54. The van der Waals surface area contributed by atoms with Crippen LogP contribution in [0.2, 0.25) is 0 Å². The molecular weight excluding hydrogens is 288 g/mol. The maximum Gasteiger partial charge on any atom is 0.0801 e. The average molecular weight is 313 g/mol. The van der Waals surface area contributed by atoms with Crippen molar-refractivity contribution < 1.29 is 5.11 Å². The summed E-state index contributed by atoms with van der Waals surface area (Å²) >= 11 is 3.56. The number of halogens is 1. The number of aryl methyl sites for hydroxylation is 1. The number of benzene rings is 1. The minimum Gasteiger partial charge on any atom is -0.388 e. The Hall–Kier alpha value is -0.340. The summed E-state index contributed by atoms with van der Waals surface area (Å²) in [6.07, 6.45) is 8.16. The zero-order valence-corrected chi connectivity index (χ0v) is 13.2. The Balaban J connectivity index is 2.32. The van der Waals surface area contributed by atoms with Gasteiger partial charge in [-0.25, -0.2) is 0 Å². The van der Waals surface area contributed by atoms with E-state index in [4.69, 9.17) is 0 Å². The monoisotopic (exact) mass is 312 g/mol. The van der Waals surface area contributed by atoms with Crippen LogP contribution in [-0.4, -0.2) is 5.11 Å². The fourth-order valence-electron chi connectivity index (χ4n) is 2.20. The second kappa shape index (κ2) is 8.71. The van der Waals surface area contributed by atoms with Gasteiger partial charge in [0, 0.05) is 4.47 Å². The van der Waals surface area contributed by atoms with Crippen molar-refractivity contribution in [1.29, 1.82) is 0 Å². The summed E-state index contributed by atoms with van der Waals surface area (Å²) in [7, 11) is 0. The molecule has 102 valence electrons. The standard InChI is InChI=1S/C16H25BrO/c1-3-4-5-6-7-8-12-15(18)14-11-9-10-13(2)16(14)17/h9-11,15,18H,3-8,12H2,1-2H3. The Kier molecular flexibility index (Phi) is 7.60. The lowest BCUT2D eigenvalue weighted by atomic mass is 10.0. The first kappa shape index (κ1) is 15.7. The van der Waals surface area contributed by atoms with Crippen LogP contribution in [0.5, 0.6) is 0 Å². The van der Waals surface area contributed by atoms with Gasteiger partial charge in [0.25, 0.3) is 0 Å². The first-order chi connectivity index (χ1) is 8.66. The molecule has 0 amide bonds. The summed E-state index contributed by atoms with van der Waals surface area (Å²) in [5.41, 5.74) is 2.22. The molecule has 1 atom stereocenters. The van der Waals surface area contributed by atoms with Gasteiger partial charge >= 0.3 is 0 Å². The van der Waals surface area contributed by atoms with E-state index in [0.29, 0.717) is 0 Å². The molecule has 0 heterocycles. The van der Waals surface area contributed by atoms with Crippen LogP contribution in [0.1, 0.15) is 69.1 Å². The predicted molar refractivity (Wildman–Crippen MR) is 81.8 cm³/mol. The highest BCUT2D eigenvalue weighted by molar-refractivity contribution is 9.10. The lowest BCUT2D eigenvalue weighted by molar-refractivity contribution is 0.162. The number of unbranched alkanes of at least 4 members (excludes halogenated alkanes) is 5. The summed E-state index contributed by atoms with van der Waals surface area (Å²) in [6.45, 7) is 4.30. The fraction of sp³-hybridized carbons (Fsp3) is 0.625. The first-order valence-electron chi connectivity index (χ1n) is 7.10. The number of hydrogen-bond donors (Lipinski definition) is 1. The van der Waals surface area contributed by atoms with E-state index in [1.807, 2.05) is 12.1 Å². The molecule has 0 aliphatic carbocycles. The Morgan fingerprint density at radius 2 is 1.78 bits per heavy atom. The van der Waals surface area contributed by atoms with Gasteiger partial charge in [-0.2, -0.15) is 0 Å². The molecule has 0 aromatic heterocycles. The lowest BCUT2D eigenvalue weighted by Gasteiger charge is -2.14. The Morgan fingerprint density at radius 3 is 2.50 bits per heavy atom. The molecule has 1 rings (SSSR count). The van der Waals surface area contributed by atoms with Crippen LogP contribution < -0.4 is 0 Å². The summed E-state index contributed by atoms with van der Waals surface area (Å²) < 4.78 is 1.06. The van der Waals surface area contributed by atoms with Gasteiger partial charge in [-0.1, -0.05) is 79.6 Å². The first-order valence-corrected chi connectivity index (χ1v) is 7.89. The number of aliphatic hydroxyl groups excluding tert-OH is 1. The minimum absolute atomic E-state index is 0.328. The van der Waals surface area contributed by atoms with E-state index in [1.54, 1.807) is 0 Å². The van der Waals surface area contributed by atoms with Gasteiger partial charge in [0.15, 0.2) is 0 Å². The molecule has 0 saturated heterocycles. The molecule has 0 aliphatic heterocycles. The molecule has 1 N–H and O–H groups in total. The van der Waals surface area contributed by atoms with E-state index in [0.717, 1.165) is 22.9 Å². The SMILES string of the molecule is CCCCCCCCC(O)c1cccc(C)c1Br. The van der Waals surface area contributed by atoms with Crippen molar-refractivity contribution in [2.75, 3.05) is 0 Å². The topological polar surface area (TPSA) is 20.2 Å². The van der Waals surface area contributed by atoms with Gasteiger partial charge in [0.05, 0.1) is 6.10 Å². The van der Waals surface area contributed by atoms with Gasteiger partial charge in [-0.3, -0.25) is 0 Å². The van der Waals surface area contributed by atoms with Gasteiger partial charge in [-0.05, 0) is 24.5 Å². The molecule has 0 radical (unpaired) electrons. The highest BCUT2D eigenvalue weighted by Gasteiger charge is 2.11. The zero-order valence-electron chi connectivity index (χ0n) is 11.6. The third-order valence-electron chi connectivity index (χ3n) is 3.41. The van der Waals surface area contributed by atoms with Crippen LogP contribution in [-0.2, 0) is 0 Å². The fourth-order valence-corrected chi connectivity index (χ4v) is 2.73. The normalized spacial score (nSPS) is 12.7. The summed E-state index contributed by atoms with van der Waals surface area (Å²) in [5.74, 6) is 0. The number of aliphatic hydroxyl groups is 1. The lowest BCUT2D eigenvalue weighted by Crippen LogP contribution is -1.99. The molecule has 2 heteroatoms. The van der Waals surface area contributed by atoms with Gasteiger partial charge in [-0.15, -0.1) is 0 Å². The van der Waals surface area contributed by atoms with E-state index in [-0.39, 0.29) is 6.10 Å². The van der Waals surface area contributed by atoms with Gasteiger partial charge < -0.3 is 5.11 Å². The highest BCUT2D eigenvalue weighted by Crippen LogP contribution is 2.29. The van der Waals surface area contributed by atoms with E-state index < -0.39 is 0 Å². The molecule has 0 aliphatic rings. The molecule has 1 unspecified atom stereocenters. The van der Waals surface area contributed by atoms with Crippen molar-refractivity contribution >= 4 is 15.9 Å². The largest absolute Gasteiger partial charge is 0.388 e. The number of rotatable bonds is 8. The van der Waals surface area contributed by atoms with Gasteiger partial charge in [0.1, 0.15) is 0 Å². The quantitative estimate of drug-likeness (QED) is 0.625. The maximum atomic E-state index is 10.2.